The van der Waals surface area contributed by atoms with Crippen molar-refractivity contribution in [2.24, 2.45) is 4.99 Å². The fourth-order valence-electron chi connectivity index (χ4n) is 0.249. The van der Waals surface area contributed by atoms with Gasteiger partial charge in [0.2, 0.25) is 0 Å². The van der Waals surface area contributed by atoms with E-state index >= 15 is 0 Å². The van der Waals surface area contributed by atoms with Crippen LogP contribution in [0.1, 0.15) is 0 Å². The predicted octanol–water partition coefficient (Wildman–Crippen LogP) is 1.36. The minimum absolute atomic E-state index is 0.359. The van der Waals surface area contributed by atoms with E-state index in [9.17, 15) is 0 Å². The lowest BCUT2D eigenvalue weighted by Crippen LogP contribution is -1.80. The molecule has 0 spiro atoms. The number of thioether (sulfide) groups is 1. The van der Waals surface area contributed by atoms with Crippen molar-refractivity contribution < 1.29 is 0 Å². The molecular formula is C3H3BrNS. The Hall–Kier alpha value is 0.500. The second-order valence-electron chi connectivity index (χ2n) is 0.899. The molecule has 0 aromatic carbocycles. The van der Waals surface area contributed by atoms with Gasteiger partial charge in [-0.3, -0.25) is 4.99 Å². The Labute approximate surface area is 49.3 Å². The van der Waals surface area contributed by atoms with Crippen LogP contribution in [-0.4, -0.2) is 16.3 Å². The first kappa shape index (κ1) is 4.65. The maximum Gasteiger partial charge on any atom is 0.105 e. The highest BCUT2D eigenvalue weighted by Gasteiger charge is 2.04. The minimum atomic E-state index is 0.359. The molecule has 0 aromatic heterocycles. The molecule has 0 aromatic rings. The molecule has 6 heavy (non-hydrogen) atoms. The van der Waals surface area contributed by atoms with Crippen LogP contribution in [0.15, 0.2) is 4.99 Å². The van der Waals surface area contributed by atoms with Gasteiger partial charge in [0.15, 0.2) is 0 Å². The highest BCUT2D eigenvalue weighted by Crippen LogP contribution is 2.19. The third-order valence-electron chi connectivity index (χ3n) is 0.478. The van der Waals surface area contributed by atoms with E-state index < -0.39 is 0 Å². The molecule has 1 nitrogen and oxygen atoms in total. The first-order valence-electron chi connectivity index (χ1n) is 1.57. The zero-order valence-corrected chi connectivity index (χ0v) is 5.42. The van der Waals surface area contributed by atoms with Crippen LogP contribution in [0, 0.1) is 0 Å². The summed E-state index contributed by atoms with van der Waals surface area (Å²) in [6.07, 6.45) is 2.82. The number of aliphatic imine (C=N–C) groups is 1. The number of hydrogen-bond donors (Lipinski definition) is 0. The van der Waals surface area contributed by atoms with Crippen molar-refractivity contribution in [3.63, 3.8) is 0 Å². The quantitative estimate of drug-likeness (QED) is 0.493. The van der Waals surface area contributed by atoms with Crippen LogP contribution in [0.3, 0.4) is 0 Å². The second-order valence-corrected chi connectivity index (χ2v) is 3.48. The Morgan fingerprint density at radius 3 is 3.00 bits per heavy atom. The van der Waals surface area contributed by atoms with Crippen molar-refractivity contribution in [3.8, 4) is 0 Å². The lowest BCUT2D eigenvalue weighted by atomic mass is 10.9. The topological polar surface area (TPSA) is 12.4 Å². The monoisotopic (exact) mass is 164 g/mol. The molecule has 0 aliphatic carbocycles. The number of rotatable bonds is 0. The van der Waals surface area contributed by atoms with Gasteiger partial charge in [-0.1, -0.05) is 15.9 Å². The normalized spacial score (nSPS) is 31.8. The van der Waals surface area contributed by atoms with Crippen molar-refractivity contribution in [1.82, 2.24) is 0 Å². The van der Waals surface area contributed by atoms with E-state index in [4.69, 9.17) is 0 Å². The van der Waals surface area contributed by atoms with Gasteiger partial charge in [-0.15, -0.1) is 11.8 Å². The van der Waals surface area contributed by atoms with E-state index in [-0.39, 0.29) is 0 Å². The van der Waals surface area contributed by atoms with Crippen LogP contribution in [0.4, 0.5) is 0 Å². The van der Waals surface area contributed by atoms with E-state index in [0.717, 1.165) is 5.88 Å². The van der Waals surface area contributed by atoms with Gasteiger partial charge in [-0.05, 0) is 0 Å². The highest BCUT2D eigenvalue weighted by atomic mass is 79.9. The van der Waals surface area contributed by atoms with Crippen LogP contribution in [0.25, 0.3) is 0 Å². The number of hydrogen-bond acceptors (Lipinski definition) is 2. The molecular weight excluding hydrogens is 162 g/mol. The highest BCUT2D eigenvalue weighted by molar-refractivity contribution is 9.11. The summed E-state index contributed by atoms with van der Waals surface area (Å²) in [6, 6.07) is 0. The van der Waals surface area contributed by atoms with Crippen molar-refractivity contribution >= 4 is 33.9 Å². The zero-order valence-electron chi connectivity index (χ0n) is 3.02. The molecule has 0 saturated carbocycles. The van der Waals surface area contributed by atoms with Crippen molar-refractivity contribution in [3.05, 3.63) is 0 Å². The lowest BCUT2D eigenvalue weighted by molar-refractivity contribution is 1.43. The van der Waals surface area contributed by atoms with E-state index in [1.165, 1.54) is 0 Å². The molecule has 0 bridgehead atoms. The summed E-state index contributed by atoms with van der Waals surface area (Å²) in [6.45, 7) is 0. The molecule has 1 unspecified atom stereocenters. The van der Waals surface area contributed by atoms with Crippen LogP contribution in [-0.2, 0) is 0 Å². The number of alkyl halides is 1. The number of halogens is 1. The molecule has 0 amide bonds. The lowest BCUT2D eigenvalue weighted by Gasteiger charge is -1.83. The fraction of sp³-hybridized carbons (Fsp3) is 0.667. The Balaban J connectivity index is 2.38. The summed E-state index contributed by atoms with van der Waals surface area (Å²) < 4.78 is 0.359. The van der Waals surface area contributed by atoms with Gasteiger partial charge in [0.05, 0.1) is 12.1 Å². The fourth-order valence-corrected chi connectivity index (χ4v) is 1.18. The third-order valence-corrected chi connectivity index (χ3v) is 2.15. The Morgan fingerprint density at radius 1 is 2.00 bits per heavy atom. The summed E-state index contributed by atoms with van der Waals surface area (Å²) in [5.41, 5.74) is 0. The molecule has 1 aliphatic heterocycles. The van der Waals surface area contributed by atoms with E-state index in [1.54, 1.807) is 11.8 Å². The van der Waals surface area contributed by atoms with Crippen LogP contribution >= 0.6 is 27.7 Å². The molecule has 3 heteroatoms. The molecule has 1 rings (SSSR count). The van der Waals surface area contributed by atoms with Crippen LogP contribution in [0.5, 0.6) is 0 Å². The summed E-state index contributed by atoms with van der Waals surface area (Å²) in [4.78, 5) is 3.83. The van der Waals surface area contributed by atoms with E-state index in [2.05, 4.69) is 27.1 Å². The average Bonchev–Trinajstić information content (AvgIpc) is 1.86. The van der Waals surface area contributed by atoms with Gasteiger partial charge >= 0.3 is 0 Å². The van der Waals surface area contributed by atoms with Gasteiger partial charge in [0.25, 0.3) is 0 Å². The van der Waals surface area contributed by atoms with Crippen molar-refractivity contribution in [2.75, 3.05) is 5.88 Å². The van der Waals surface area contributed by atoms with Gasteiger partial charge < -0.3 is 0 Å². The molecule has 1 aliphatic rings. The largest absolute Gasteiger partial charge is 0.275 e. The Kier molecular flexibility index (Phi) is 1.54. The molecule has 1 radical (unpaired) electrons. The maximum atomic E-state index is 3.83. The van der Waals surface area contributed by atoms with E-state index in [0.29, 0.717) is 4.16 Å². The molecule has 0 saturated heterocycles. The first-order chi connectivity index (χ1) is 2.89. The van der Waals surface area contributed by atoms with Gasteiger partial charge in [0, 0.05) is 0 Å². The molecule has 0 N–H and O–H groups in total. The smallest absolute Gasteiger partial charge is 0.105 e. The minimum Gasteiger partial charge on any atom is -0.275 e. The van der Waals surface area contributed by atoms with Gasteiger partial charge in [0.1, 0.15) is 4.16 Å². The van der Waals surface area contributed by atoms with Crippen molar-refractivity contribution in [1.29, 1.82) is 0 Å². The summed E-state index contributed by atoms with van der Waals surface area (Å²) in [7, 11) is 0. The number of nitrogens with zero attached hydrogens (tertiary/aromatic N) is 1. The molecule has 1 heterocycles. The maximum absolute atomic E-state index is 3.83. The standard InChI is InChI=1S/C3H3BrNS/c4-3-1-5-2-6-3/h3H,2H2. The summed E-state index contributed by atoms with van der Waals surface area (Å²) >= 11 is 5.03. The predicted molar refractivity (Wildman–Crippen MR) is 32.6 cm³/mol. The van der Waals surface area contributed by atoms with Gasteiger partial charge in [-0.2, -0.15) is 0 Å². The van der Waals surface area contributed by atoms with Gasteiger partial charge in [-0.25, -0.2) is 0 Å². The SMILES string of the molecule is BrC1[C]=NCS1. The summed E-state index contributed by atoms with van der Waals surface area (Å²) in [5, 5.41) is 0. The molecule has 0 fully saturated rings. The second kappa shape index (κ2) is 1.98. The van der Waals surface area contributed by atoms with Crippen LogP contribution in [0.2, 0.25) is 0 Å². The Morgan fingerprint density at radius 2 is 2.83 bits per heavy atom. The molecule has 33 valence electrons. The van der Waals surface area contributed by atoms with Crippen molar-refractivity contribution in [2.45, 2.75) is 4.16 Å². The summed E-state index contributed by atoms with van der Waals surface area (Å²) in [5.74, 6) is 0.871. The zero-order chi connectivity index (χ0) is 4.41. The molecule has 1 atom stereocenters. The first-order valence-corrected chi connectivity index (χ1v) is 3.54. The Bertz CT molecular complexity index is 73.2. The third kappa shape index (κ3) is 0.980. The average molecular weight is 165 g/mol. The van der Waals surface area contributed by atoms with E-state index in [1.807, 2.05) is 0 Å². The van der Waals surface area contributed by atoms with Crippen LogP contribution < -0.4 is 0 Å².